The maximum atomic E-state index is 6.03. The average molecular weight is 247 g/mol. The van der Waals surface area contributed by atoms with Crippen LogP contribution in [0.1, 0.15) is 57.6 Å². The highest BCUT2D eigenvalue weighted by Gasteiger charge is 2.14. The van der Waals surface area contributed by atoms with Crippen LogP contribution in [-0.2, 0) is 0 Å². The maximum Gasteiger partial charge on any atom is 0.119 e. The molecule has 0 amide bonds. The standard InChI is InChI=1S/C16H25NO/c1-3-17-13(2)14-9-11-16(12-10-14)18-15-7-5-4-6-8-15/h9-13,15,17H,3-8H2,1-2H3. The fraction of sp³-hybridized carbons (Fsp3) is 0.625. The van der Waals surface area contributed by atoms with E-state index in [0.717, 1.165) is 12.3 Å². The third-order valence-corrected chi connectivity index (χ3v) is 3.75. The third kappa shape index (κ3) is 3.74. The lowest BCUT2D eigenvalue weighted by Gasteiger charge is -2.23. The van der Waals surface area contributed by atoms with Gasteiger partial charge in [0, 0.05) is 6.04 Å². The fourth-order valence-corrected chi connectivity index (χ4v) is 2.63. The van der Waals surface area contributed by atoms with E-state index in [0.29, 0.717) is 12.1 Å². The Morgan fingerprint density at radius 2 is 1.83 bits per heavy atom. The van der Waals surface area contributed by atoms with Gasteiger partial charge in [-0.25, -0.2) is 0 Å². The van der Waals surface area contributed by atoms with Gasteiger partial charge in [0.1, 0.15) is 5.75 Å². The van der Waals surface area contributed by atoms with Crippen molar-refractivity contribution in [1.82, 2.24) is 5.32 Å². The molecule has 0 aromatic heterocycles. The van der Waals surface area contributed by atoms with Gasteiger partial charge in [-0.2, -0.15) is 0 Å². The molecule has 2 nitrogen and oxygen atoms in total. The Hall–Kier alpha value is -1.02. The SMILES string of the molecule is CCNC(C)c1ccc(OC2CCCCC2)cc1. The number of rotatable bonds is 5. The van der Waals surface area contributed by atoms with Crippen LogP contribution in [0.5, 0.6) is 5.75 Å². The molecule has 1 aromatic carbocycles. The summed E-state index contributed by atoms with van der Waals surface area (Å²) in [5.74, 6) is 1.02. The van der Waals surface area contributed by atoms with E-state index in [-0.39, 0.29) is 0 Å². The molecule has 0 spiro atoms. The monoisotopic (exact) mass is 247 g/mol. The second kappa shape index (κ2) is 6.79. The molecule has 1 saturated carbocycles. The Kier molecular flexibility index (Phi) is 5.06. The van der Waals surface area contributed by atoms with Gasteiger partial charge in [0.05, 0.1) is 6.10 Å². The zero-order chi connectivity index (χ0) is 12.8. The first-order valence-corrected chi connectivity index (χ1v) is 7.29. The number of hydrogen-bond donors (Lipinski definition) is 1. The van der Waals surface area contributed by atoms with Crippen molar-refractivity contribution in [3.05, 3.63) is 29.8 Å². The lowest BCUT2D eigenvalue weighted by molar-refractivity contribution is 0.155. The van der Waals surface area contributed by atoms with Crippen LogP contribution >= 0.6 is 0 Å². The number of ether oxygens (including phenoxy) is 1. The predicted octanol–water partition coefficient (Wildman–Crippen LogP) is 4.07. The van der Waals surface area contributed by atoms with Crippen molar-refractivity contribution in [2.45, 2.75) is 58.1 Å². The number of benzene rings is 1. The summed E-state index contributed by atoms with van der Waals surface area (Å²) in [6.07, 6.45) is 6.89. The highest BCUT2D eigenvalue weighted by molar-refractivity contribution is 5.29. The third-order valence-electron chi connectivity index (χ3n) is 3.75. The van der Waals surface area contributed by atoms with Crippen LogP contribution < -0.4 is 10.1 Å². The first kappa shape index (κ1) is 13.4. The minimum absolute atomic E-state index is 0.415. The van der Waals surface area contributed by atoms with Gasteiger partial charge in [-0.15, -0.1) is 0 Å². The summed E-state index contributed by atoms with van der Waals surface area (Å²) >= 11 is 0. The van der Waals surface area contributed by atoms with Crippen LogP contribution in [0.4, 0.5) is 0 Å². The highest BCUT2D eigenvalue weighted by atomic mass is 16.5. The molecule has 18 heavy (non-hydrogen) atoms. The van der Waals surface area contributed by atoms with E-state index >= 15 is 0 Å². The Morgan fingerprint density at radius 1 is 1.17 bits per heavy atom. The van der Waals surface area contributed by atoms with E-state index in [1.54, 1.807) is 0 Å². The van der Waals surface area contributed by atoms with E-state index in [1.807, 2.05) is 0 Å². The first-order chi connectivity index (χ1) is 8.79. The lowest BCUT2D eigenvalue weighted by atomic mass is 9.98. The minimum Gasteiger partial charge on any atom is -0.490 e. The molecule has 2 heteroatoms. The van der Waals surface area contributed by atoms with Crippen molar-refractivity contribution in [3.63, 3.8) is 0 Å². The largest absolute Gasteiger partial charge is 0.490 e. The molecule has 1 aromatic rings. The summed E-state index contributed by atoms with van der Waals surface area (Å²) in [5.41, 5.74) is 1.33. The zero-order valence-electron chi connectivity index (χ0n) is 11.6. The second-order valence-corrected chi connectivity index (χ2v) is 5.23. The molecule has 0 radical (unpaired) electrons. The smallest absolute Gasteiger partial charge is 0.119 e. The predicted molar refractivity (Wildman–Crippen MR) is 76.0 cm³/mol. The maximum absolute atomic E-state index is 6.03. The normalized spacial score (nSPS) is 18.6. The van der Waals surface area contributed by atoms with Gasteiger partial charge in [-0.05, 0) is 56.8 Å². The van der Waals surface area contributed by atoms with Crippen LogP contribution in [-0.4, -0.2) is 12.6 Å². The van der Waals surface area contributed by atoms with Gasteiger partial charge in [-0.1, -0.05) is 25.5 Å². The number of hydrogen-bond acceptors (Lipinski definition) is 2. The Morgan fingerprint density at radius 3 is 2.44 bits per heavy atom. The molecule has 1 fully saturated rings. The average Bonchev–Trinajstić information content (AvgIpc) is 2.41. The Balaban J connectivity index is 1.90. The molecule has 2 rings (SSSR count). The lowest BCUT2D eigenvalue weighted by Crippen LogP contribution is -2.20. The van der Waals surface area contributed by atoms with Crippen molar-refractivity contribution < 1.29 is 4.74 Å². The first-order valence-electron chi connectivity index (χ1n) is 7.29. The molecule has 0 bridgehead atoms. The molecule has 0 heterocycles. The van der Waals surface area contributed by atoms with Gasteiger partial charge in [0.2, 0.25) is 0 Å². The molecule has 0 aliphatic heterocycles. The van der Waals surface area contributed by atoms with Crippen molar-refractivity contribution >= 4 is 0 Å². The van der Waals surface area contributed by atoms with E-state index < -0.39 is 0 Å². The Labute approximate surface area is 111 Å². The number of nitrogens with one attached hydrogen (secondary N) is 1. The molecule has 1 atom stereocenters. The second-order valence-electron chi connectivity index (χ2n) is 5.23. The van der Waals surface area contributed by atoms with Gasteiger partial charge >= 0.3 is 0 Å². The molecular weight excluding hydrogens is 222 g/mol. The van der Waals surface area contributed by atoms with Crippen LogP contribution in [0.3, 0.4) is 0 Å². The topological polar surface area (TPSA) is 21.3 Å². The summed E-state index contributed by atoms with van der Waals surface area (Å²) in [6.45, 7) is 5.33. The molecule has 100 valence electrons. The molecule has 1 aliphatic rings. The van der Waals surface area contributed by atoms with Crippen LogP contribution in [0.2, 0.25) is 0 Å². The summed E-state index contributed by atoms with van der Waals surface area (Å²) in [7, 11) is 0. The molecule has 1 N–H and O–H groups in total. The molecule has 1 aliphatic carbocycles. The molecule has 1 unspecified atom stereocenters. The summed E-state index contributed by atoms with van der Waals surface area (Å²) in [5, 5.41) is 3.42. The Bertz CT molecular complexity index is 341. The zero-order valence-corrected chi connectivity index (χ0v) is 11.6. The van der Waals surface area contributed by atoms with Crippen molar-refractivity contribution in [2.75, 3.05) is 6.54 Å². The van der Waals surface area contributed by atoms with Crippen LogP contribution in [0, 0.1) is 0 Å². The van der Waals surface area contributed by atoms with Crippen LogP contribution in [0.25, 0.3) is 0 Å². The van der Waals surface area contributed by atoms with Gasteiger partial charge in [0.15, 0.2) is 0 Å². The van der Waals surface area contributed by atoms with E-state index in [9.17, 15) is 0 Å². The summed E-state index contributed by atoms with van der Waals surface area (Å²) in [6, 6.07) is 8.98. The summed E-state index contributed by atoms with van der Waals surface area (Å²) < 4.78 is 6.03. The van der Waals surface area contributed by atoms with Gasteiger partial charge in [0.25, 0.3) is 0 Å². The van der Waals surface area contributed by atoms with Gasteiger partial charge < -0.3 is 10.1 Å². The van der Waals surface area contributed by atoms with Gasteiger partial charge in [-0.3, -0.25) is 0 Å². The fourth-order valence-electron chi connectivity index (χ4n) is 2.63. The van der Waals surface area contributed by atoms with E-state index in [4.69, 9.17) is 4.74 Å². The van der Waals surface area contributed by atoms with Crippen molar-refractivity contribution in [3.8, 4) is 5.75 Å². The quantitative estimate of drug-likeness (QED) is 0.847. The minimum atomic E-state index is 0.415. The van der Waals surface area contributed by atoms with E-state index in [2.05, 4.69) is 43.4 Å². The summed E-state index contributed by atoms with van der Waals surface area (Å²) in [4.78, 5) is 0. The molecular formula is C16H25NO. The highest BCUT2D eigenvalue weighted by Crippen LogP contribution is 2.24. The van der Waals surface area contributed by atoms with E-state index in [1.165, 1.54) is 37.7 Å². The van der Waals surface area contributed by atoms with Crippen molar-refractivity contribution in [1.29, 1.82) is 0 Å². The van der Waals surface area contributed by atoms with Crippen molar-refractivity contribution in [2.24, 2.45) is 0 Å². The van der Waals surface area contributed by atoms with Crippen LogP contribution in [0.15, 0.2) is 24.3 Å². The molecule has 0 saturated heterocycles.